The van der Waals surface area contributed by atoms with Crippen molar-refractivity contribution in [2.75, 3.05) is 4.90 Å². The van der Waals surface area contributed by atoms with E-state index < -0.39 is 0 Å². The van der Waals surface area contributed by atoms with E-state index in [1.165, 1.54) is 22.4 Å². The molecule has 1 saturated heterocycles. The molecule has 2 aromatic carbocycles. The molecule has 25 heavy (non-hydrogen) atoms. The Balaban J connectivity index is 1.93. The van der Waals surface area contributed by atoms with Crippen LogP contribution >= 0.6 is 0 Å². The van der Waals surface area contributed by atoms with Gasteiger partial charge in [-0.05, 0) is 42.5 Å². The summed E-state index contributed by atoms with van der Waals surface area (Å²) in [5, 5.41) is 0. The van der Waals surface area contributed by atoms with Crippen LogP contribution in [-0.4, -0.2) is 12.1 Å². The minimum atomic E-state index is 0.0686. The maximum Gasteiger partial charge on any atom is 0.113 e. The van der Waals surface area contributed by atoms with Gasteiger partial charge >= 0.3 is 0 Å². The zero-order chi connectivity index (χ0) is 17.6. The normalized spacial score (nSPS) is 25.4. The van der Waals surface area contributed by atoms with Crippen molar-refractivity contribution < 1.29 is 4.84 Å². The van der Waals surface area contributed by atoms with Crippen LogP contribution in [0, 0.1) is 5.92 Å². The molecule has 0 aliphatic carbocycles. The lowest BCUT2D eigenvalue weighted by Gasteiger charge is -2.37. The van der Waals surface area contributed by atoms with Gasteiger partial charge in [0.15, 0.2) is 0 Å². The van der Waals surface area contributed by atoms with Crippen LogP contribution in [0.1, 0.15) is 56.4 Å². The SMILES string of the molecule is CC(C)C1NOC2c3ccccc3CN(C(C)C)c3ccccc3C21. The Bertz CT molecular complexity index is 755. The van der Waals surface area contributed by atoms with Crippen molar-refractivity contribution in [1.29, 1.82) is 0 Å². The third-order valence-electron chi connectivity index (χ3n) is 5.69. The summed E-state index contributed by atoms with van der Waals surface area (Å²) in [6, 6.07) is 18.4. The Morgan fingerprint density at radius 2 is 1.64 bits per heavy atom. The molecule has 0 bridgehead atoms. The number of nitrogens with one attached hydrogen (secondary N) is 1. The molecular weight excluding hydrogens is 308 g/mol. The summed E-state index contributed by atoms with van der Waals surface area (Å²) >= 11 is 0. The molecular formula is C22H28N2O. The number of anilines is 1. The fourth-order valence-electron chi connectivity index (χ4n) is 4.37. The topological polar surface area (TPSA) is 24.5 Å². The molecule has 1 fully saturated rings. The summed E-state index contributed by atoms with van der Waals surface area (Å²) in [7, 11) is 0. The van der Waals surface area contributed by atoms with Crippen molar-refractivity contribution in [2.24, 2.45) is 5.92 Å². The highest BCUT2D eigenvalue weighted by Crippen LogP contribution is 2.48. The van der Waals surface area contributed by atoms with Gasteiger partial charge in [0.05, 0.1) is 0 Å². The first-order valence-electron chi connectivity index (χ1n) is 9.42. The van der Waals surface area contributed by atoms with Gasteiger partial charge in [-0.15, -0.1) is 0 Å². The molecule has 0 radical (unpaired) electrons. The monoisotopic (exact) mass is 336 g/mol. The molecule has 3 heteroatoms. The number of nitrogens with zero attached hydrogens (tertiary/aromatic N) is 1. The molecule has 2 aromatic rings. The van der Waals surface area contributed by atoms with Crippen LogP contribution in [-0.2, 0) is 11.4 Å². The lowest BCUT2D eigenvalue weighted by Crippen LogP contribution is -2.36. The van der Waals surface area contributed by atoms with Crippen molar-refractivity contribution in [3.05, 3.63) is 65.2 Å². The first kappa shape index (κ1) is 16.6. The van der Waals surface area contributed by atoms with Crippen LogP contribution in [0.4, 0.5) is 5.69 Å². The summed E-state index contributed by atoms with van der Waals surface area (Å²) in [4.78, 5) is 8.70. The van der Waals surface area contributed by atoms with Crippen molar-refractivity contribution in [3.63, 3.8) is 0 Å². The van der Waals surface area contributed by atoms with Crippen molar-refractivity contribution in [3.8, 4) is 0 Å². The van der Waals surface area contributed by atoms with Crippen molar-refractivity contribution in [1.82, 2.24) is 5.48 Å². The fraction of sp³-hybridized carbons (Fsp3) is 0.455. The average molecular weight is 336 g/mol. The molecule has 2 aliphatic rings. The molecule has 4 rings (SSSR count). The van der Waals surface area contributed by atoms with Crippen LogP contribution in [0.15, 0.2) is 48.5 Å². The van der Waals surface area contributed by atoms with Gasteiger partial charge in [-0.1, -0.05) is 56.3 Å². The predicted octanol–water partition coefficient (Wildman–Crippen LogP) is 4.80. The van der Waals surface area contributed by atoms with E-state index in [4.69, 9.17) is 4.84 Å². The predicted molar refractivity (Wildman–Crippen MR) is 103 cm³/mol. The van der Waals surface area contributed by atoms with Gasteiger partial charge in [-0.25, -0.2) is 0 Å². The largest absolute Gasteiger partial charge is 0.365 e. The third kappa shape index (κ3) is 2.76. The van der Waals surface area contributed by atoms with E-state index in [2.05, 4.69) is 86.6 Å². The van der Waals surface area contributed by atoms with Crippen LogP contribution < -0.4 is 10.4 Å². The molecule has 0 aromatic heterocycles. The van der Waals surface area contributed by atoms with E-state index in [1.54, 1.807) is 0 Å². The number of hydroxylamine groups is 1. The van der Waals surface area contributed by atoms with Crippen LogP contribution in [0.5, 0.6) is 0 Å². The molecule has 1 N–H and O–H groups in total. The van der Waals surface area contributed by atoms with E-state index in [0.29, 0.717) is 23.9 Å². The fourth-order valence-corrected chi connectivity index (χ4v) is 4.37. The van der Waals surface area contributed by atoms with Gasteiger partial charge in [0.2, 0.25) is 0 Å². The van der Waals surface area contributed by atoms with Crippen LogP contribution in [0.3, 0.4) is 0 Å². The lowest BCUT2D eigenvalue weighted by atomic mass is 9.77. The Labute approximate surface area is 151 Å². The first-order valence-corrected chi connectivity index (χ1v) is 9.42. The molecule has 3 unspecified atom stereocenters. The van der Waals surface area contributed by atoms with Gasteiger partial charge in [-0.3, -0.25) is 4.84 Å². The Morgan fingerprint density at radius 1 is 0.960 bits per heavy atom. The van der Waals surface area contributed by atoms with Crippen LogP contribution in [0.25, 0.3) is 0 Å². The third-order valence-corrected chi connectivity index (χ3v) is 5.69. The second-order valence-corrected chi connectivity index (χ2v) is 7.93. The molecule has 0 saturated carbocycles. The number of hydrogen-bond donors (Lipinski definition) is 1. The van der Waals surface area contributed by atoms with Gasteiger partial charge < -0.3 is 4.90 Å². The van der Waals surface area contributed by atoms with Gasteiger partial charge in [0.25, 0.3) is 0 Å². The Hall–Kier alpha value is -1.84. The first-order chi connectivity index (χ1) is 12.1. The van der Waals surface area contributed by atoms with Gasteiger partial charge in [0.1, 0.15) is 6.10 Å². The molecule has 2 aliphatic heterocycles. The standard InChI is InChI=1S/C22H28N2O/c1-14(2)21-20-18-11-7-8-12-19(18)24(15(3)4)13-16-9-5-6-10-17(16)22(20)25-23-21/h5-12,14-15,20-23H,13H2,1-4H3. The molecule has 2 heterocycles. The molecule has 132 valence electrons. The second-order valence-electron chi connectivity index (χ2n) is 7.93. The molecule has 3 nitrogen and oxygen atoms in total. The van der Waals surface area contributed by atoms with Crippen molar-refractivity contribution >= 4 is 5.69 Å². The van der Waals surface area contributed by atoms with E-state index >= 15 is 0 Å². The Kier molecular flexibility index (Phi) is 4.30. The zero-order valence-electron chi connectivity index (χ0n) is 15.6. The highest BCUT2D eigenvalue weighted by Gasteiger charge is 2.44. The molecule has 3 atom stereocenters. The summed E-state index contributed by atoms with van der Waals surface area (Å²) < 4.78 is 0. The number of para-hydroxylation sites is 1. The minimum Gasteiger partial charge on any atom is -0.365 e. The zero-order valence-corrected chi connectivity index (χ0v) is 15.6. The average Bonchev–Trinajstić information content (AvgIpc) is 3.03. The summed E-state index contributed by atoms with van der Waals surface area (Å²) in [5.74, 6) is 0.820. The Morgan fingerprint density at radius 3 is 2.36 bits per heavy atom. The summed E-state index contributed by atoms with van der Waals surface area (Å²) in [6.07, 6.45) is 0.0686. The minimum absolute atomic E-state index is 0.0686. The van der Waals surface area contributed by atoms with Gasteiger partial charge in [0, 0.05) is 30.2 Å². The second kappa shape index (κ2) is 6.47. The van der Waals surface area contributed by atoms with E-state index in [1.807, 2.05) is 0 Å². The maximum atomic E-state index is 6.18. The summed E-state index contributed by atoms with van der Waals surface area (Å²) in [5.41, 5.74) is 8.80. The maximum absolute atomic E-state index is 6.18. The lowest BCUT2D eigenvalue weighted by molar-refractivity contribution is 0.0190. The molecule has 0 spiro atoms. The number of benzene rings is 2. The number of fused-ring (bicyclic) bond motifs is 5. The number of hydrogen-bond acceptors (Lipinski definition) is 3. The summed E-state index contributed by atoms with van der Waals surface area (Å²) in [6.45, 7) is 10.0. The molecule has 0 amide bonds. The quantitative estimate of drug-likeness (QED) is 0.852. The van der Waals surface area contributed by atoms with Crippen LogP contribution in [0.2, 0.25) is 0 Å². The number of rotatable bonds is 2. The van der Waals surface area contributed by atoms with E-state index in [-0.39, 0.29) is 6.10 Å². The highest BCUT2D eigenvalue weighted by atomic mass is 16.7. The van der Waals surface area contributed by atoms with Gasteiger partial charge in [-0.2, -0.15) is 5.48 Å². The van der Waals surface area contributed by atoms with Crippen molar-refractivity contribution in [2.45, 2.75) is 58.3 Å². The highest BCUT2D eigenvalue weighted by molar-refractivity contribution is 5.59. The van der Waals surface area contributed by atoms with E-state index in [0.717, 1.165) is 6.54 Å². The smallest absolute Gasteiger partial charge is 0.113 e. The van der Waals surface area contributed by atoms with E-state index in [9.17, 15) is 0 Å².